The van der Waals surface area contributed by atoms with E-state index in [4.69, 9.17) is 4.74 Å². The van der Waals surface area contributed by atoms with Gasteiger partial charge in [-0.1, -0.05) is 18.2 Å². The van der Waals surface area contributed by atoms with Crippen LogP contribution in [0.4, 0.5) is 5.69 Å². The van der Waals surface area contributed by atoms with Gasteiger partial charge in [-0.15, -0.1) is 0 Å². The molecule has 1 unspecified atom stereocenters. The molecule has 1 amide bonds. The molecule has 1 N–H and O–H groups in total. The van der Waals surface area contributed by atoms with Crippen molar-refractivity contribution in [3.8, 4) is 0 Å². The van der Waals surface area contributed by atoms with Gasteiger partial charge in [0, 0.05) is 25.3 Å². The first-order chi connectivity index (χ1) is 8.86. The van der Waals surface area contributed by atoms with Crippen molar-refractivity contribution in [2.45, 2.75) is 18.9 Å². The summed E-state index contributed by atoms with van der Waals surface area (Å²) in [4.78, 5) is 14.4. The van der Waals surface area contributed by atoms with E-state index in [0.29, 0.717) is 13.2 Å². The fraction of sp³-hybridized carbons (Fsp3) is 0.500. The first kappa shape index (κ1) is 11.7. The molecule has 0 radical (unpaired) electrons. The number of nitrogens with one attached hydrogen (secondary N) is 1. The Kier molecular flexibility index (Phi) is 3.30. The zero-order chi connectivity index (χ0) is 12.4. The maximum atomic E-state index is 12.5. The number of aryl methyl sites for hydroxylation is 1. The van der Waals surface area contributed by atoms with E-state index in [-0.39, 0.29) is 12.0 Å². The standard InChI is InChI=1S/C14H18N2O2/c17-14(13-10-15-7-9-18-13)16-8-3-5-11-4-1-2-6-12(11)16/h1-2,4,6,13,15H,3,5,7-10H2. The normalized spacial score (nSPS) is 23.6. The summed E-state index contributed by atoms with van der Waals surface area (Å²) in [7, 11) is 0. The highest BCUT2D eigenvalue weighted by molar-refractivity contribution is 5.97. The van der Waals surface area contributed by atoms with Crippen LogP contribution in [0.1, 0.15) is 12.0 Å². The van der Waals surface area contributed by atoms with Crippen molar-refractivity contribution in [2.75, 3.05) is 31.1 Å². The lowest BCUT2D eigenvalue weighted by Gasteiger charge is -2.33. The Labute approximate surface area is 107 Å². The molecule has 4 heteroatoms. The molecule has 3 rings (SSSR count). The number of fused-ring (bicyclic) bond motifs is 1. The van der Waals surface area contributed by atoms with Gasteiger partial charge in [-0.05, 0) is 24.5 Å². The number of para-hydroxylation sites is 1. The highest BCUT2D eigenvalue weighted by atomic mass is 16.5. The largest absolute Gasteiger partial charge is 0.366 e. The zero-order valence-corrected chi connectivity index (χ0v) is 10.4. The number of nitrogens with zero attached hydrogens (tertiary/aromatic N) is 1. The highest BCUT2D eigenvalue weighted by Gasteiger charge is 2.30. The van der Waals surface area contributed by atoms with Crippen molar-refractivity contribution in [2.24, 2.45) is 0 Å². The number of carbonyl (C=O) groups excluding carboxylic acids is 1. The highest BCUT2D eigenvalue weighted by Crippen LogP contribution is 2.27. The fourth-order valence-corrected chi connectivity index (χ4v) is 2.66. The average molecular weight is 246 g/mol. The van der Waals surface area contributed by atoms with Crippen LogP contribution in [0.3, 0.4) is 0 Å². The van der Waals surface area contributed by atoms with Crippen LogP contribution >= 0.6 is 0 Å². The van der Waals surface area contributed by atoms with Gasteiger partial charge >= 0.3 is 0 Å². The minimum atomic E-state index is -0.329. The van der Waals surface area contributed by atoms with Gasteiger partial charge in [0.05, 0.1) is 6.61 Å². The summed E-state index contributed by atoms with van der Waals surface area (Å²) in [6, 6.07) is 8.16. The zero-order valence-electron chi connectivity index (χ0n) is 10.4. The summed E-state index contributed by atoms with van der Waals surface area (Å²) in [6.07, 6.45) is 1.76. The predicted molar refractivity (Wildman–Crippen MR) is 69.7 cm³/mol. The van der Waals surface area contributed by atoms with Crippen molar-refractivity contribution in [1.82, 2.24) is 5.32 Å². The van der Waals surface area contributed by atoms with Crippen LogP contribution in [-0.4, -0.2) is 38.3 Å². The van der Waals surface area contributed by atoms with Crippen LogP contribution in [-0.2, 0) is 16.0 Å². The van der Waals surface area contributed by atoms with Crippen LogP contribution < -0.4 is 10.2 Å². The molecule has 4 nitrogen and oxygen atoms in total. The molecule has 96 valence electrons. The Morgan fingerprint density at radius 1 is 1.39 bits per heavy atom. The van der Waals surface area contributed by atoms with E-state index >= 15 is 0 Å². The number of morpholine rings is 1. The van der Waals surface area contributed by atoms with Crippen molar-refractivity contribution in [3.05, 3.63) is 29.8 Å². The number of benzene rings is 1. The second-order valence-corrected chi connectivity index (χ2v) is 4.79. The Morgan fingerprint density at radius 2 is 2.28 bits per heavy atom. The third kappa shape index (κ3) is 2.13. The summed E-state index contributed by atoms with van der Waals surface area (Å²) in [5, 5.41) is 3.21. The van der Waals surface area contributed by atoms with Crippen LogP contribution in [0.5, 0.6) is 0 Å². The first-order valence-corrected chi connectivity index (χ1v) is 6.58. The monoisotopic (exact) mass is 246 g/mol. The second-order valence-electron chi connectivity index (χ2n) is 4.79. The van der Waals surface area contributed by atoms with Gasteiger partial charge in [0.2, 0.25) is 0 Å². The van der Waals surface area contributed by atoms with Gasteiger partial charge in [0.15, 0.2) is 0 Å². The van der Waals surface area contributed by atoms with Gasteiger partial charge in [-0.25, -0.2) is 0 Å². The van der Waals surface area contributed by atoms with Crippen molar-refractivity contribution >= 4 is 11.6 Å². The topological polar surface area (TPSA) is 41.6 Å². The van der Waals surface area contributed by atoms with E-state index < -0.39 is 0 Å². The lowest BCUT2D eigenvalue weighted by Crippen LogP contribution is -2.50. The number of amides is 1. The molecule has 0 aliphatic carbocycles. The van der Waals surface area contributed by atoms with Gasteiger partial charge in [-0.3, -0.25) is 4.79 Å². The first-order valence-electron chi connectivity index (χ1n) is 6.58. The second kappa shape index (κ2) is 5.08. The third-order valence-electron chi connectivity index (χ3n) is 3.58. The minimum Gasteiger partial charge on any atom is -0.366 e. The smallest absolute Gasteiger partial charge is 0.257 e. The lowest BCUT2D eigenvalue weighted by molar-refractivity contribution is -0.131. The van der Waals surface area contributed by atoms with E-state index in [1.807, 2.05) is 23.1 Å². The SMILES string of the molecule is O=C(C1CNCCO1)N1CCCc2ccccc21. The molecule has 0 bridgehead atoms. The molecule has 0 saturated carbocycles. The van der Waals surface area contributed by atoms with Gasteiger partial charge in [0.25, 0.3) is 5.91 Å². The molecule has 1 aromatic rings. The Balaban J connectivity index is 1.82. The number of ether oxygens (including phenoxy) is 1. The van der Waals surface area contributed by atoms with Gasteiger partial charge in [-0.2, -0.15) is 0 Å². The fourth-order valence-electron chi connectivity index (χ4n) is 2.66. The molecule has 0 aromatic heterocycles. The third-order valence-corrected chi connectivity index (χ3v) is 3.58. The molecule has 0 spiro atoms. The Morgan fingerprint density at radius 3 is 3.11 bits per heavy atom. The van der Waals surface area contributed by atoms with Crippen LogP contribution in [0.15, 0.2) is 24.3 Å². The molecule has 1 aromatic carbocycles. The van der Waals surface area contributed by atoms with E-state index in [1.54, 1.807) is 0 Å². The van der Waals surface area contributed by atoms with E-state index in [0.717, 1.165) is 31.6 Å². The number of hydrogen-bond donors (Lipinski definition) is 1. The Bertz CT molecular complexity index is 441. The van der Waals surface area contributed by atoms with Gasteiger partial charge in [0.1, 0.15) is 6.10 Å². The van der Waals surface area contributed by atoms with Crippen molar-refractivity contribution in [1.29, 1.82) is 0 Å². The average Bonchev–Trinajstić information content (AvgIpc) is 2.47. The van der Waals surface area contributed by atoms with Crippen LogP contribution in [0.2, 0.25) is 0 Å². The maximum absolute atomic E-state index is 12.5. The Hall–Kier alpha value is -1.39. The van der Waals surface area contributed by atoms with Gasteiger partial charge < -0.3 is 15.0 Å². The molecule has 2 aliphatic rings. The van der Waals surface area contributed by atoms with E-state index in [2.05, 4.69) is 11.4 Å². The number of rotatable bonds is 1. The molecule has 1 saturated heterocycles. The predicted octanol–water partition coefficient (Wildman–Crippen LogP) is 0.954. The summed E-state index contributed by atoms with van der Waals surface area (Å²) < 4.78 is 5.55. The summed E-state index contributed by atoms with van der Waals surface area (Å²) in [6.45, 7) is 2.87. The van der Waals surface area contributed by atoms with Crippen LogP contribution in [0.25, 0.3) is 0 Å². The summed E-state index contributed by atoms with van der Waals surface area (Å²) in [5.74, 6) is 0.0920. The number of carbonyl (C=O) groups is 1. The van der Waals surface area contributed by atoms with E-state index in [1.165, 1.54) is 5.56 Å². The molecule has 2 heterocycles. The van der Waals surface area contributed by atoms with Crippen LogP contribution in [0, 0.1) is 0 Å². The maximum Gasteiger partial charge on any atom is 0.257 e. The van der Waals surface area contributed by atoms with E-state index in [9.17, 15) is 4.79 Å². The molecule has 18 heavy (non-hydrogen) atoms. The van der Waals surface area contributed by atoms with Crippen molar-refractivity contribution in [3.63, 3.8) is 0 Å². The quantitative estimate of drug-likeness (QED) is 0.802. The molecule has 1 fully saturated rings. The lowest BCUT2D eigenvalue weighted by atomic mass is 10.0. The van der Waals surface area contributed by atoms with Crippen molar-refractivity contribution < 1.29 is 9.53 Å². The summed E-state index contributed by atoms with van der Waals surface area (Å²) >= 11 is 0. The molecule has 2 aliphatic heterocycles. The molecular formula is C14H18N2O2. The summed E-state index contributed by atoms with van der Waals surface area (Å²) in [5.41, 5.74) is 2.32. The molecular weight excluding hydrogens is 228 g/mol. The number of anilines is 1. The molecule has 1 atom stereocenters. The minimum absolute atomic E-state index is 0.0920. The number of hydrogen-bond acceptors (Lipinski definition) is 3.